The van der Waals surface area contributed by atoms with Crippen LogP contribution in [0.4, 0.5) is 11.5 Å². The summed E-state index contributed by atoms with van der Waals surface area (Å²) in [5.74, 6) is 1.56. The van der Waals surface area contributed by atoms with Gasteiger partial charge < -0.3 is 24.8 Å². The zero-order chi connectivity index (χ0) is 21.8. The number of anilines is 2. The number of nitrogens with zero attached hydrogens (tertiary/aromatic N) is 5. The van der Waals surface area contributed by atoms with Crippen molar-refractivity contribution < 1.29 is 14.6 Å². The number of aromatic nitrogens is 4. The molecule has 1 saturated heterocycles. The van der Waals surface area contributed by atoms with Gasteiger partial charge in [-0.15, -0.1) is 0 Å². The Bertz CT molecular complexity index is 1050. The van der Waals surface area contributed by atoms with Gasteiger partial charge in [-0.25, -0.2) is 15.0 Å². The molecule has 168 valence electrons. The maximum atomic E-state index is 9.27. The third kappa shape index (κ3) is 4.73. The van der Waals surface area contributed by atoms with Crippen LogP contribution in [0.15, 0.2) is 36.9 Å². The highest BCUT2D eigenvalue weighted by atomic mass is 16.5. The highest BCUT2D eigenvalue weighted by Gasteiger charge is 2.24. The lowest BCUT2D eigenvalue weighted by molar-refractivity contribution is 0.122. The van der Waals surface area contributed by atoms with Gasteiger partial charge in [-0.1, -0.05) is 0 Å². The van der Waals surface area contributed by atoms with Crippen molar-refractivity contribution in [3.05, 3.63) is 42.6 Å². The average molecular weight is 437 g/mol. The molecule has 0 spiro atoms. The van der Waals surface area contributed by atoms with E-state index in [0.717, 1.165) is 80.3 Å². The molecule has 3 aromatic rings. The molecule has 9 heteroatoms. The Kier molecular flexibility index (Phi) is 6.27. The van der Waals surface area contributed by atoms with Crippen molar-refractivity contribution in [3.8, 4) is 5.75 Å². The number of aliphatic hydroxyl groups is 1. The molecular formula is C23H28N6O3. The summed E-state index contributed by atoms with van der Waals surface area (Å²) in [5, 5.41) is 12.7. The largest absolute Gasteiger partial charge is 0.488 e. The van der Waals surface area contributed by atoms with Gasteiger partial charge in [-0.3, -0.25) is 4.98 Å². The monoisotopic (exact) mass is 436 g/mol. The first kappa shape index (κ1) is 20.8. The lowest BCUT2D eigenvalue weighted by atomic mass is 9.93. The topological polar surface area (TPSA) is 106 Å². The Morgan fingerprint density at radius 2 is 1.81 bits per heavy atom. The molecule has 9 nitrogen and oxygen atoms in total. The Labute approximate surface area is 186 Å². The van der Waals surface area contributed by atoms with Crippen LogP contribution in [0.2, 0.25) is 0 Å². The second-order valence-corrected chi connectivity index (χ2v) is 8.26. The normalized spacial score (nSPS) is 21.5. The third-order valence-corrected chi connectivity index (χ3v) is 6.11. The number of rotatable bonds is 6. The van der Waals surface area contributed by atoms with Crippen LogP contribution >= 0.6 is 0 Å². The van der Waals surface area contributed by atoms with Crippen molar-refractivity contribution in [1.29, 1.82) is 0 Å². The third-order valence-electron chi connectivity index (χ3n) is 6.11. The molecule has 3 heterocycles. The lowest BCUT2D eigenvalue weighted by Gasteiger charge is -2.31. The molecule has 2 fully saturated rings. The predicted octanol–water partition coefficient (Wildman–Crippen LogP) is 2.55. The van der Waals surface area contributed by atoms with Crippen LogP contribution in [-0.2, 0) is 11.3 Å². The van der Waals surface area contributed by atoms with Crippen LogP contribution in [0.1, 0.15) is 31.4 Å². The summed E-state index contributed by atoms with van der Waals surface area (Å²) >= 11 is 0. The number of fused-ring (bicyclic) bond motifs is 1. The molecule has 0 unspecified atom stereocenters. The van der Waals surface area contributed by atoms with Crippen LogP contribution in [0, 0.1) is 0 Å². The fourth-order valence-electron chi connectivity index (χ4n) is 4.40. The smallest absolute Gasteiger partial charge is 0.149 e. The lowest BCUT2D eigenvalue weighted by Crippen LogP contribution is -2.36. The van der Waals surface area contributed by atoms with Crippen LogP contribution in [0.3, 0.4) is 0 Å². The molecule has 5 rings (SSSR count). The molecule has 0 bridgehead atoms. The zero-order valence-corrected chi connectivity index (χ0v) is 18.0. The van der Waals surface area contributed by atoms with Crippen molar-refractivity contribution >= 4 is 22.5 Å². The Morgan fingerprint density at radius 1 is 1.00 bits per heavy atom. The minimum atomic E-state index is -0.0852. The van der Waals surface area contributed by atoms with Gasteiger partial charge >= 0.3 is 0 Å². The van der Waals surface area contributed by atoms with E-state index < -0.39 is 0 Å². The summed E-state index contributed by atoms with van der Waals surface area (Å²) in [4.78, 5) is 19.7. The molecule has 1 aromatic carbocycles. The molecule has 0 atom stereocenters. The fourth-order valence-corrected chi connectivity index (χ4v) is 4.40. The van der Waals surface area contributed by atoms with Gasteiger partial charge in [0.15, 0.2) is 0 Å². The first-order valence-corrected chi connectivity index (χ1v) is 11.2. The van der Waals surface area contributed by atoms with E-state index in [1.54, 1.807) is 18.5 Å². The van der Waals surface area contributed by atoms with Gasteiger partial charge in [0.05, 0.1) is 37.1 Å². The Morgan fingerprint density at radius 3 is 2.62 bits per heavy atom. The molecule has 0 radical (unpaired) electrons. The average Bonchev–Trinajstić information content (AvgIpc) is 2.86. The molecular weight excluding hydrogens is 408 g/mol. The number of benzene rings is 1. The fraction of sp³-hybridized carbons (Fsp3) is 0.478. The van der Waals surface area contributed by atoms with Crippen LogP contribution < -0.4 is 15.0 Å². The number of hydrogen-bond donors (Lipinski definition) is 2. The van der Waals surface area contributed by atoms with Crippen molar-refractivity contribution in [2.75, 3.05) is 36.5 Å². The van der Waals surface area contributed by atoms with Crippen molar-refractivity contribution in [2.24, 2.45) is 0 Å². The predicted molar refractivity (Wildman–Crippen MR) is 121 cm³/mol. The highest BCUT2D eigenvalue weighted by molar-refractivity contribution is 5.85. The number of morpholine rings is 1. The highest BCUT2D eigenvalue weighted by Crippen LogP contribution is 2.33. The summed E-state index contributed by atoms with van der Waals surface area (Å²) < 4.78 is 12.0. The van der Waals surface area contributed by atoms with E-state index >= 15 is 0 Å². The summed E-state index contributed by atoms with van der Waals surface area (Å²) in [5.41, 5.74) is 3.38. The summed E-state index contributed by atoms with van der Waals surface area (Å²) in [7, 11) is 0. The van der Waals surface area contributed by atoms with Gasteiger partial charge in [-0.05, 0) is 31.7 Å². The standard InChI is InChI=1S/C23H28N6O3/c30-14-17-11-22(27-15-26-17)28-16-1-3-19(4-2-16)32-21-13-18(29-7-9-31-10-8-29)12-20-23(21)25-6-5-24-20/h5-6,11-13,15-16,19,30H,1-4,7-10,14H2,(H,26,27,28)/t16-,19+. The van der Waals surface area contributed by atoms with E-state index in [1.165, 1.54) is 6.33 Å². The summed E-state index contributed by atoms with van der Waals surface area (Å²) in [6.45, 7) is 3.11. The van der Waals surface area contributed by atoms with Gasteiger partial charge in [0.1, 0.15) is 23.4 Å². The molecule has 2 aliphatic rings. The molecule has 2 N–H and O–H groups in total. The zero-order valence-electron chi connectivity index (χ0n) is 18.0. The van der Waals surface area contributed by atoms with E-state index in [1.807, 2.05) is 0 Å². The molecule has 32 heavy (non-hydrogen) atoms. The number of nitrogens with one attached hydrogen (secondary N) is 1. The molecule has 1 aliphatic carbocycles. The Hall–Kier alpha value is -3.04. The van der Waals surface area contributed by atoms with E-state index in [-0.39, 0.29) is 12.7 Å². The van der Waals surface area contributed by atoms with E-state index in [0.29, 0.717) is 11.7 Å². The summed E-state index contributed by atoms with van der Waals surface area (Å²) in [6, 6.07) is 6.31. The quantitative estimate of drug-likeness (QED) is 0.603. The van der Waals surface area contributed by atoms with E-state index in [4.69, 9.17) is 9.47 Å². The maximum Gasteiger partial charge on any atom is 0.149 e. The van der Waals surface area contributed by atoms with Crippen LogP contribution in [0.25, 0.3) is 11.0 Å². The van der Waals surface area contributed by atoms with Gasteiger partial charge in [0.25, 0.3) is 0 Å². The second kappa shape index (κ2) is 9.62. The first-order valence-electron chi connectivity index (χ1n) is 11.2. The first-order chi connectivity index (χ1) is 15.8. The van der Waals surface area contributed by atoms with Crippen molar-refractivity contribution in [1.82, 2.24) is 19.9 Å². The SMILES string of the molecule is OCc1cc(N[C@H]2CC[C@@H](Oc3cc(N4CCOCC4)cc4nccnc34)CC2)ncn1. The van der Waals surface area contributed by atoms with Crippen LogP contribution in [-0.4, -0.2) is 63.5 Å². The van der Waals surface area contributed by atoms with Crippen molar-refractivity contribution in [3.63, 3.8) is 0 Å². The minimum absolute atomic E-state index is 0.0852. The van der Waals surface area contributed by atoms with E-state index in [2.05, 4.69) is 42.3 Å². The molecule has 1 saturated carbocycles. The van der Waals surface area contributed by atoms with Gasteiger partial charge in [0, 0.05) is 49.3 Å². The molecule has 0 amide bonds. The number of aliphatic hydroxyl groups excluding tert-OH is 1. The van der Waals surface area contributed by atoms with Gasteiger partial charge in [-0.2, -0.15) is 0 Å². The minimum Gasteiger partial charge on any atom is -0.488 e. The number of ether oxygens (including phenoxy) is 2. The molecule has 2 aromatic heterocycles. The van der Waals surface area contributed by atoms with Crippen molar-refractivity contribution in [2.45, 2.75) is 44.4 Å². The Balaban J connectivity index is 1.26. The van der Waals surface area contributed by atoms with Crippen LogP contribution in [0.5, 0.6) is 5.75 Å². The molecule has 1 aliphatic heterocycles. The van der Waals surface area contributed by atoms with E-state index in [9.17, 15) is 5.11 Å². The van der Waals surface area contributed by atoms with Gasteiger partial charge in [0.2, 0.25) is 0 Å². The second-order valence-electron chi connectivity index (χ2n) is 8.26. The number of hydrogen-bond acceptors (Lipinski definition) is 9. The summed E-state index contributed by atoms with van der Waals surface area (Å²) in [6.07, 6.45) is 8.91. The maximum absolute atomic E-state index is 9.27.